The van der Waals surface area contributed by atoms with Crippen LogP contribution in [0.3, 0.4) is 0 Å². The molecule has 2 amide bonds. The van der Waals surface area contributed by atoms with Crippen LogP contribution in [0.5, 0.6) is 17.2 Å². The largest absolute Gasteiger partial charge is 0.493 e. The summed E-state index contributed by atoms with van der Waals surface area (Å²) in [5, 5.41) is 5.92. The highest BCUT2D eigenvalue weighted by Crippen LogP contribution is 2.47. The van der Waals surface area contributed by atoms with Crippen molar-refractivity contribution in [3.05, 3.63) is 84.6 Å². The van der Waals surface area contributed by atoms with Crippen LogP contribution in [0.15, 0.2) is 72.9 Å². The third kappa shape index (κ3) is 7.53. The number of nitrogens with zero attached hydrogens (tertiary/aromatic N) is 2. The second-order valence-corrected chi connectivity index (χ2v) is 12.0. The molecule has 0 spiro atoms. The first-order valence-electron chi connectivity index (χ1n) is 15.7. The molecule has 2 heterocycles. The van der Waals surface area contributed by atoms with Crippen LogP contribution in [0, 0.1) is 17.0 Å². The number of amides is 2. The molecule has 13 heteroatoms. The maximum absolute atomic E-state index is 15.2. The number of nitrogens with two attached hydrogens (primary N) is 1. The Labute approximate surface area is 275 Å². The van der Waals surface area contributed by atoms with Gasteiger partial charge < -0.3 is 30.6 Å². The molecule has 2 aliphatic rings. The van der Waals surface area contributed by atoms with Crippen LogP contribution in [-0.4, -0.2) is 66.1 Å². The number of likely N-dealkylation sites (tertiary alicyclic amines) is 1. The van der Waals surface area contributed by atoms with Crippen LogP contribution >= 0.6 is 0 Å². The summed E-state index contributed by atoms with van der Waals surface area (Å²) in [7, 11) is 0. The number of carbonyl (C=O) groups is 3. The molecule has 11 nitrogen and oxygen atoms in total. The lowest BCUT2D eigenvalue weighted by Crippen LogP contribution is -2.54. The number of benzene rings is 3. The Morgan fingerprint density at radius 3 is 2.35 bits per heavy atom. The molecule has 3 aromatic carbocycles. The standard InChI is InChI=1S/C35H35F2N5O6/c1-21(38)32(43)47-26-19-42(20-26)15-2-16-46-25-8-9-27-29(18-25)39-14-11-30(27)48-31-10-7-24(17-28(31)37)41-34(45)35(12-13-35)33(44)40-23-5-3-22(36)4-6-23/h3-11,14,17-18,21,26H,2,12-13,15-16,19-20,38H2,1H3,(H,40,44)(H,41,45). The quantitative estimate of drug-likeness (QED) is 0.103. The zero-order valence-corrected chi connectivity index (χ0v) is 26.2. The minimum atomic E-state index is -1.28. The predicted octanol–water partition coefficient (Wildman–Crippen LogP) is 5.01. The van der Waals surface area contributed by atoms with Crippen molar-refractivity contribution in [1.29, 1.82) is 0 Å². The van der Waals surface area contributed by atoms with E-state index < -0.39 is 34.9 Å². The third-order valence-corrected chi connectivity index (χ3v) is 8.27. The Morgan fingerprint density at radius 2 is 1.67 bits per heavy atom. The smallest absolute Gasteiger partial charge is 0.322 e. The van der Waals surface area contributed by atoms with Gasteiger partial charge in [0.1, 0.15) is 34.9 Å². The maximum atomic E-state index is 15.2. The molecule has 1 aliphatic heterocycles. The summed E-state index contributed by atoms with van der Waals surface area (Å²) in [4.78, 5) is 44.0. The Balaban J connectivity index is 1.00. The van der Waals surface area contributed by atoms with Crippen LogP contribution in [0.1, 0.15) is 26.2 Å². The van der Waals surface area contributed by atoms with Gasteiger partial charge in [0.25, 0.3) is 0 Å². The van der Waals surface area contributed by atoms with Crippen LogP contribution in [-0.2, 0) is 19.1 Å². The molecule has 1 saturated heterocycles. The fourth-order valence-electron chi connectivity index (χ4n) is 5.31. The van der Waals surface area contributed by atoms with Gasteiger partial charge in [-0.2, -0.15) is 0 Å². The van der Waals surface area contributed by atoms with Crippen molar-refractivity contribution in [2.24, 2.45) is 11.1 Å². The van der Waals surface area contributed by atoms with Gasteiger partial charge in [-0.05, 0) is 80.8 Å². The summed E-state index contributed by atoms with van der Waals surface area (Å²) >= 11 is 0. The fourth-order valence-corrected chi connectivity index (χ4v) is 5.31. The Bertz CT molecular complexity index is 1830. The SMILES string of the molecule is CC(N)C(=O)OC1CN(CCCOc2ccc3c(Oc4ccc(NC(=O)C5(C(=O)Nc6ccc(F)cc6)CC5)cc4F)ccnc3c2)C1. The lowest BCUT2D eigenvalue weighted by Gasteiger charge is -2.38. The van der Waals surface area contributed by atoms with Crippen molar-refractivity contribution in [3.8, 4) is 17.2 Å². The fraction of sp³-hybridized carbons (Fsp3) is 0.314. The Kier molecular flexibility index (Phi) is 9.51. The van der Waals surface area contributed by atoms with Gasteiger partial charge in [0.15, 0.2) is 11.6 Å². The van der Waals surface area contributed by atoms with E-state index in [1.54, 1.807) is 37.4 Å². The number of hydrogen-bond acceptors (Lipinski definition) is 9. The first-order chi connectivity index (χ1) is 23.1. The molecule has 1 saturated carbocycles. The zero-order chi connectivity index (χ0) is 33.8. The number of anilines is 2. The predicted molar refractivity (Wildman–Crippen MR) is 174 cm³/mol. The minimum absolute atomic E-state index is 0.0587. The molecule has 48 heavy (non-hydrogen) atoms. The molecule has 1 aromatic heterocycles. The molecule has 250 valence electrons. The highest BCUT2D eigenvalue weighted by Gasteiger charge is 2.56. The van der Waals surface area contributed by atoms with Crippen LogP contribution < -0.4 is 25.8 Å². The number of rotatable bonds is 13. The topological polar surface area (TPSA) is 145 Å². The Morgan fingerprint density at radius 1 is 0.958 bits per heavy atom. The average Bonchev–Trinajstić information content (AvgIpc) is 3.86. The van der Waals surface area contributed by atoms with Crippen LogP contribution in [0.25, 0.3) is 10.9 Å². The van der Waals surface area contributed by atoms with Crippen molar-refractivity contribution < 1.29 is 37.4 Å². The first-order valence-corrected chi connectivity index (χ1v) is 15.7. The van der Waals surface area contributed by atoms with Gasteiger partial charge in [-0.15, -0.1) is 0 Å². The molecule has 0 radical (unpaired) electrons. The second kappa shape index (κ2) is 13.9. The van der Waals surface area contributed by atoms with Crippen molar-refractivity contribution in [2.75, 3.05) is 36.9 Å². The van der Waals surface area contributed by atoms with Gasteiger partial charge in [0, 0.05) is 54.7 Å². The Hall–Kier alpha value is -5.14. The molecule has 2 fully saturated rings. The highest BCUT2D eigenvalue weighted by molar-refractivity contribution is 6.16. The summed E-state index contributed by atoms with van der Waals surface area (Å²) in [5.41, 5.74) is 5.40. The van der Waals surface area contributed by atoms with Gasteiger partial charge in [-0.3, -0.25) is 24.3 Å². The van der Waals surface area contributed by atoms with Gasteiger partial charge in [0.05, 0.1) is 12.1 Å². The number of nitrogens with one attached hydrogen (secondary N) is 2. The molecule has 0 bridgehead atoms. The van der Waals surface area contributed by atoms with E-state index in [-0.39, 0.29) is 23.5 Å². The van der Waals surface area contributed by atoms with E-state index >= 15 is 4.39 Å². The number of fused-ring (bicyclic) bond motifs is 1. The van der Waals surface area contributed by atoms with Crippen molar-refractivity contribution in [3.63, 3.8) is 0 Å². The molecule has 6 rings (SSSR count). The summed E-state index contributed by atoms with van der Waals surface area (Å²) in [5.74, 6) is -1.64. The van der Waals surface area contributed by atoms with Gasteiger partial charge >= 0.3 is 5.97 Å². The lowest BCUT2D eigenvalue weighted by molar-refractivity contribution is -0.158. The van der Waals surface area contributed by atoms with E-state index in [0.29, 0.717) is 60.6 Å². The molecule has 4 aromatic rings. The van der Waals surface area contributed by atoms with Crippen molar-refractivity contribution >= 4 is 40.1 Å². The van der Waals surface area contributed by atoms with Gasteiger partial charge in [-0.1, -0.05) is 0 Å². The number of aromatic nitrogens is 1. The number of esters is 1. The lowest BCUT2D eigenvalue weighted by atomic mass is 10.0. The van der Waals surface area contributed by atoms with Crippen LogP contribution in [0.2, 0.25) is 0 Å². The number of hydrogen-bond donors (Lipinski definition) is 3. The van der Waals surface area contributed by atoms with Crippen molar-refractivity contribution in [2.45, 2.75) is 38.3 Å². The third-order valence-electron chi connectivity index (χ3n) is 8.27. The van der Waals surface area contributed by atoms with E-state index in [9.17, 15) is 18.8 Å². The number of ether oxygens (including phenoxy) is 3. The van der Waals surface area contributed by atoms with E-state index in [2.05, 4.69) is 20.5 Å². The van der Waals surface area contributed by atoms with Gasteiger partial charge in [-0.25, -0.2) is 8.78 Å². The number of halogens is 2. The molecule has 1 atom stereocenters. The molecule has 4 N–H and O–H groups in total. The van der Waals surface area contributed by atoms with Gasteiger partial charge in [0.2, 0.25) is 11.8 Å². The van der Waals surface area contributed by atoms with Crippen LogP contribution in [0.4, 0.5) is 20.2 Å². The molecular weight excluding hydrogens is 624 g/mol. The number of pyridine rings is 1. The van der Waals surface area contributed by atoms with Crippen molar-refractivity contribution in [1.82, 2.24) is 9.88 Å². The van der Waals surface area contributed by atoms with E-state index in [1.807, 2.05) is 0 Å². The van der Waals surface area contributed by atoms with E-state index in [4.69, 9.17) is 19.9 Å². The zero-order valence-electron chi connectivity index (χ0n) is 26.2. The maximum Gasteiger partial charge on any atom is 0.322 e. The monoisotopic (exact) mass is 659 g/mol. The molecule has 1 unspecified atom stereocenters. The van der Waals surface area contributed by atoms with E-state index in [0.717, 1.165) is 19.0 Å². The normalized spacial score (nSPS) is 16.0. The number of carbonyl (C=O) groups excluding carboxylic acids is 3. The first kappa shape index (κ1) is 32.8. The highest BCUT2D eigenvalue weighted by atomic mass is 19.1. The minimum Gasteiger partial charge on any atom is -0.493 e. The average molecular weight is 660 g/mol. The summed E-state index contributed by atoms with van der Waals surface area (Å²) in [6.07, 6.45) is 2.90. The summed E-state index contributed by atoms with van der Waals surface area (Å²) in [6, 6.07) is 15.6. The summed E-state index contributed by atoms with van der Waals surface area (Å²) < 4.78 is 45.5. The summed E-state index contributed by atoms with van der Waals surface area (Å²) in [6.45, 7) is 4.25. The molecular formula is C35H35F2N5O6. The second-order valence-electron chi connectivity index (χ2n) is 12.0. The van der Waals surface area contributed by atoms with E-state index in [1.165, 1.54) is 36.4 Å². The molecule has 1 aliphatic carbocycles.